The molecule has 2 aromatic carbocycles. The standard InChI is InChI=1S/C24H26N4O5/c1-16-10-6-9-13-21(16)33-23-20(17(2)26-28(23)3)14-25-32-15-18-11-7-8-12-19(18)22(27-31-5)24(29)30-4/h6-14H,15H2,1-5H3/b25-14+,27-22+. The lowest BCUT2D eigenvalue weighted by molar-refractivity contribution is -0.132. The van der Waals surface area contributed by atoms with E-state index in [1.165, 1.54) is 14.2 Å². The van der Waals surface area contributed by atoms with Crippen LogP contribution in [0.5, 0.6) is 11.6 Å². The number of ether oxygens (including phenoxy) is 2. The van der Waals surface area contributed by atoms with Crippen LogP contribution in [-0.2, 0) is 32.9 Å². The maximum absolute atomic E-state index is 12.1. The third-order valence-corrected chi connectivity index (χ3v) is 4.82. The Labute approximate surface area is 192 Å². The van der Waals surface area contributed by atoms with E-state index < -0.39 is 5.97 Å². The lowest BCUT2D eigenvalue weighted by Gasteiger charge is -2.10. The molecule has 0 N–H and O–H groups in total. The van der Waals surface area contributed by atoms with Crippen LogP contribution in [0, 0.1) is 13.8 Å². The van der Waals surface area contributed by atoms with Crippen molar-refractivity contribution in [1.29, 1.82) is 0 Å². The molecule has 9 heteroatoms. The number of para-hydroxylation sites is 1. The second-order valence-electron chi connectivity index (χ2n) is 7.07. The van der Waals surface area contributed by atoms with Crippen LogP contribution in [0.3, 0.4) is 0 Å². The molecule has 33 heavy (non-hydrogen) atoms. The number of carbonyl (C=O) groups is 1. The molecule has 0 radical (unpaired) electrons. The van der Waals surface area contributed by atoms with Gasteiger partial charge < -0.3 is 19.1 Å². The van der Waals surface area contributed by atoms with E-state index in [2.05, 4.69) is 15.4 Å². The zero-order valence-corrected chi connectivity index (χ0v) is 19.2. The predicted octanol–water partition coefficient (Wildman–Crippen LogP) is 3.90. The Bertz CT molecular complexity index is 1180. The zero-order valence-electron chi connectivity index (χ0n) is 19.2. The van der Waals surface area contributed by atoms with Gasteiger partial charge >= 0.3 is 5.97 Å². The first-order chi connectivity index (χ1) is 16.0. The molecule has 9 nitrogen and oxygen atoms in total. The van der Waals surface area contributed by atoms with Crippen LogP contribution in [0.4, 0.5) is 0 Å². The molecule has 0 fully saturated rings. The zero-order chi connectivity index (χ0) is 23.8. The van der Waals surface area contributed by atoms with E-state index in [1.54, 1.807) is 36.1 Å². The van der Waals surface area contributed by atoms with Crippen LogP contribution in [0.25, 0.3) is 0 Å². The molecule has 1 aromatic heterocycles. The van der Waals surface area contributed by atoms with E-state index in [4.69, 9.17) is 19.1 Å². The Morgan fingerprint density at radius 2 is 1.82 bits per heavy atom. The monoisotopic (exact) mass is 450 g/mol. The summed E-state index contributed by atoms with van der Waals surface area (Å²) in [4.78, 5) is 22.4. The molecular weight excluding hydrogens is 424 g/mol. The minimum Gasteiger partial charge on any atom is -0.464 e. The molecule has 0 spiro atoms. The van der Waals surface area contributed by atoms with E-state index >= 15 is 0 Å². The molecule has 0 saturated heterocycles. The molecule has 3 aromatic rings. The fourth-order valence-corrected chi connectivity index (χ4v) is 3.16. The molecule has 0 bridgehead atoms. The largest absolute Gasteiger partial charge is 0.464 e. The smallest absolute Gasteiger partial charge is 0.360 e. The van der Waals surface area contributed by atoms with Gasteiger partial charge in [-0.15, -0.1) is 0 Å². The third kappa shape index (κ3) is 5.57. The van der Waals surface area contributed by atoms with Gasteiger partial charge in [-0.1, -0.05) is 52.8 Å². The molecule has 0 amide bonds. The number of hydrogen-bond acceptors (Lipinski definition) is 8. The molecule has 0 aliphatic heterocycles. The quantitative estimate of drug-likeness (QED) is 0.279. The van der Waals surface area contributed by atoms with Crippen LogP contribution in [-0.4, -0.2) is 41.9 Å². The van der Waals surface area contributed by atoms with Gasteiger partial charge in [0.1, 0.15) is 19.5 Å². The first kappa shape index (κ1) is 23.5. The van der Waals surface area contributed by atoms with Crippen LogP contribution >= 0.6 is 0 Å². The highest BCUT2D eigenvalue weighted by molar-refractivity contribution is 6.43. The number of aromatic nitrogens is 2. The van der Waals surface area contributed by atoms with Crippen molar-refractivity contribution < 1.29 is 23.9 Å². The fourth-order valence-electron chi connectivity index (χ4n) is 3.16. The Hall–Kier alpha value is -4.14. The van der Waals surface area contributed by atoms with Crippen molar-refractivity contribution in [2.24, 2.45) is 17.4 Å². The van der Waals surface area contributed by atoms with Crippen molar-refractivity contribution in [3.05, 3.63) is 76.5 Å². The van der Waals surface area contributed by atoms with Crippen LogP contribution in [0.1, 0.15) is 27.9 Å². The van der Waals surface area contributed by atoms with Gasteiger partial charge in [-0.3, -0.25) is 0 Å². The second kappa shape index (κ2) is 10.9. The van der Waals surface area contributed by atoms with E-state index in [1.807, 2.05) is 44.2 Å². The van der Waals surface area contributed by atoms with Gasteiger partial charge in [0, 0.05) is 18.2 Å². The van der Waals surface area contributed by atoms with Crippen molar-refractivity contribution in [2.75, 3.05) is 14.2 Å². The summed E-state index contributed by atoms with van der Waals surface area (Å²) < 4.78 is 12.6. The SMILES string of the molecule is CO/N=C(/C(=O)OC)c1ccccc1CO/N=C/c1c(C)nn(C)c1Oc1ccccc1C. The summed E-state index contributed by atoms with van der Waals surface area (Å²) in [7, 11) is 4.45. The average Bonchev–Trinajstić information content (AvgIpc) is 3.08. The first-order valence-electron chi connectivity index (χ1n) is 10.2. The Morgan fingerprint density at radius 3 is 2.55 bits per heavy atom. The molecule has 0 unspecified atom stereocenters. The van der Waals surface area contributed by atoms with Gasteiger partial charge in [-0.2, -0.15) is 5.10 Å². The van der Waals surface area contributed by atoms with Gasteiger partial charge in [0.2, 0.25) is 5.88 Å². The summed E-state index contributed by atoms with van der Waals surface area (Å²) in [6.45, 7) is 3.94. The van der Waals surface area contributed by atoms with E-state index in [9.17, 15) is 4.79 Å². The summed E-state index contributed by atoms with van der Waals surface area (Å²) in [5.41, 5.74) is 3.71. The number of benzene rings is 2. The van der Waals surface area contributed by atoms with Crippen molar-refractivity contribution >= 4 is 17.9 Å². The average molecular weight is 450 g/mol. The van der Waals surface area contributed by atoms with Crippen LogP contribution < -0.4 is 4.74 Å². The maximum Gasteiger partial charge on any atom is 0.360 e. The number of hydrogen-bond donors (Lipinski definition) is 0. The fraction of sp³-hybridized carbons (Fsp3) is 0.250. The molecule has 0 atom stereocenters. The van der Waals surface area contributed by atoms with Crippen molar-refractivity contribution in [1.82, 2.24) is 9.78 Å². The number of aryl methyl sites for hydroxylation is 3. The van der Waals surface area contributed by atoms with E-state index in [0.29, 0.717) is 22.6 Å². The highest BCUT2D eigenvalue weighted by atomic mass is 16.6. The number of esters is 1. The van der Waals surface area contributed by atoms with Crippen molar-refractivity contribution in [3.63, 3.8) is 0 Å². The number of oxime groups is 2. The topological polar surface area (TPSA) is 96.5 Å². The summed E-state index contributed by atoms with van der Waals surface area (Å²) >= 11 is 0. The van der Waals surface area contributed by atoms with Crippen molar-refractivity contribution in [2.45, 2.75) is 20.5 Å². The number of rotatable bonds is 9. The molecule has 3 rings (SSSR count). The van der Waals surface area contributed by atoms with E-state index in [-0.39, 0.29) is 12.3 Å². The second-order valence-corrected chi connectivity index (χ2v) is 7.07. The number of methoxy groups -OCH3 is 1. The van der Waals surface area contributed by atoms with Gasteiger partial charge in [0.25, 0.3) is 0 Å². The molecule has 0 saturated carbocycles. The molecule has 172 valence electrons. The minimum absolute atomic E-state index is 0.0419. The summed E-state index contributed by atoms with van der Waals surface area (Å²) in [5.74, 6) is 0.671. The molecule has 0 aliphatic carbocycles. The summed E-state index contributed by atoms with van der Waals surface area (Å²) in [5, 5.41) is 12.3. The Kier molecular flexibility index (Phi) is 7.80. The van der Waals surface area contributed by atoms with E-state index in [0.717, 1.165) is 17.0 Å². The minimum atomic E-state index is -0.614. The lowest BCUT2D eigenvalue weighted by Crippen LogP contribution is -2.19. The normalized spacial score (nSPS) is 11.5. The van der Waals surface area contributed by atoms with Gasteiger partial charge in [-0.05, 0) is 25.5 Å². The van der Waals surface area contributed by atoms with Gasteiger partial charge in [-0.25, -0.2) is 9.48 Å². The summed E-state index contributed by atoms with van der Waals surface area (Å²) in [6, 6.07) is 14.9. The van der Waals surface area contributed by atoms with Crippen molar-refractivity contribution in [3.8, 4) is 11.6 Å². The lowest BCUT2D eigenvalue weighted by atomic mass is 10.0. The summed E-state index contributed by atoms with van der Waals surface area (Å²) in [6.07, 6.45) is 1.56. The van der Waals surface area contributed by atoms with Crippen LogP contribution in [0.2, 0.25) is 0 Å². The Morgan fingerprint density at radius 1 is 1.09 bits per heavy atom. The number of carbonyl (C=O) groups excluding carboxylic acids is 1. The van der Waals surface area contributed by atoms with Crippen LogP contribution in [0.15, 0.2) is 58.8 Å². The third-order valence-electron chi connectivity index (χ3n) is 4.82. The maximum atomic E-state index is 12.1. The highest BCUT2D eigenvalue weighted by Gasteiger charge is 2.19. The Balaban J connectivity index is 1.78. The highest BCUT2D eigenvalue weighted by Crippen LogP contribution is 2.28. The molecule has 1 heterocycles. The first-order valence-corrected chi connectivity index (χ1v) is 10.2. The van der Waals surface area contributed by atoms with Gasteiger partial charge in [0.05, 0.1) is 24.6 Å². The number of nitrogens with zero attached hydrogens (tertiary/aromatic N) is 4. The molecular formula is C24H26N4O5. The van der Waals surface area contributed by atoms with Gasteiger partial charge in [0.15, 0.2) is 5.71 Å². The predicted molar refractivity (Wildman–Crippen MR) is 124 cm³/mol. The molecule has 0 aliphatic rings.